The van der Waals surface area contributed by atoms with Crippen LogP contribution < -0.4 is 16.2 Å². The third-order valence-corrected chi connectivity index (χ3v) is 2.74. The molecule has 0 atom stereocenters. The molecule has 17 heavy (non-hydrogen) atoms. The highest BCUT2D eigenvalue weighted by atomic mass is 35.5. The summed E-state index contributed by atoms with van der Waals surface area (Å²) >= 11 is 11.8. The summed E-state index contributed by atoms with van der Waals surface area (Å²) < 4.78 is 5.40. The molecule has 0 aliphatic rings. The first kappa shape index (κ1) is 11.8. The number of ether oxygens (including phenoxy) is 1. The van der Waals surface area contributed by atoms with E-state index in [1.54, 1.807) is 18.2 Å². The Balaban J connectivity index is 2.38. The van der Waals surface area contributed by atoms with Gasteiger partial charge in [0.2, 0.25) is 0 Å². The zero-order chi connectivity index (χ0) is 12.4. The van der Waals surface area contributed by atoms with Gasteiger partial charge in [0.25, 0.3) is 0 Å². The zero-order valence-electron chi connectivity index (χ0n) is 8.41. The topological polar surface area (TPSA) is 81.0 Å². The fraction of sp³-hybridized carbons (Fsp3) is 0. The van der Waals surface area contributed by atoms with Gasteiger partial charge in [-0.2, -0.15) is 4.98 Å². The summed E-state index contributed by atoms with van der Waals surface area (Å²) in [6.45, 7) is 0. The van der Waals surface area contributed by atoms with Crippen molar-refractivity contribution in [1.82, 2.24) is 9.97 Å². The number of halogens is 2. The quantitative estimate of drug-likeness (QED) is 0.879. The normalized spacial score (nSPS) is 10.2. The van der Waals surface area contributed by atoms with Crippen LogP contribution in [0.3, 0.4) is 0 Å². The van der Waals surface area contributed by atoms with Gasteiger partial charge >= 0.3 is 5.69 Å². The predicted octanol–water partition coefficient (Wildman–Crippen LogP) is 2.45. The summed E-state index contributed by atoms with van der Waals surface area (Å²) in [6.07, 6.45) is 1.21. The molecule has 1 aromatic heterocycles. The first-order valence-corrected chi connectivity index (χ1v) is 5.30. The minimum atomic E-state index is -0.549. The Bertz CT molecular complexity index is 613. The number of hydrogen-bond donors (Lipinski definition) is 2. The lowest BCUT2D eigenvalue weighted by Crippen LogP contribution is -2.12. The Morgan fingerprint density at radius 3 is 2.76 bits per heavy atom. The summed E-state index contributed by atoms with van der Waals surface area (Å²) in [6, 6.07) is 4.93. The SMILES string of the molecule is Nc1[nH]c(=O)ncc1Oc1cccc(Cl)c1Cl. The van der Waals surface area contributed by atoms with E-state index in [2.05, 4.69) is 9.97 Å². The maximum atomic E-state index is 10.9. The number of anilines is 1. The number of benzene rings is 1. The van der Waals surface area contributed by atoms with Crippen molar-refractivity contribution in [2.45, 2.75) is 0 Å². The molecule has 0 fully saturated rings. The summed E-state index contributed by atoms with van der Waals surface area (Å²) in [4.78, 5) is 16.7. The van der Waals surface area contributed by atoms with Gasteiger partial charge in [0.15, 0.2) is 5.75 Å². The van der Waals surface area contributed by atoms with Crippen LogP contribution in [0, 0.1) is 0 Å². The van der Waals surface area contributed by atoms with Gasteiger partial charge in [0.05, 0.1) is 11.2 Å². The highest BCUT2D eigenvalue weighted by Gasteiger charge is 2.09. The molecule has 0 radical (unpaired) electrons. The number of rotatable bonds is 2. The van der Waals surface area contributed by atoms with Crippen LogP contribution in [0.2, 0.25) is 10.0 Å². The molecule has 2 aromatic rings. The summed E-state index contributed by atoms with van der Waals surface area (Å²) in [5.41, 5.74) is 5.01. The number of nitrogen functional groups attached to an aromatic ring is 1. The van der Waals surface area contributed by atoms with Gasteiger partial charge in [-0.15, -0.1) is 0 Å². The van der Waals surface area contributed by atoms with Crippen LogP contribution in [-0.2, 0) is 0 Å². The van der Waals surface area contributed by atoms with E-state index in [1.807, 2.05) is 0 Å². The van der Waals surface area contributed by atoms with Gasteiger partial charge in [-0.25, -0.2) is 4.79 Å². The molecule has 1 aromatic carbocycles. The van der Waals surface area contributed by atoms with E-state index in [4.69, 9.17) is 33.7 Å². The van der Waals surface area contributed by atoms with Crippen molar-refractivity contribution in [1.29, 1.82) is 0 Å². The fourth-order valence-corrected chi connectivity index (χ4v) is 1.49. The molecule has 0 unspecified atom stereocenters. The van der Waals surface area contributed by atoms with Crippen LogP contribution in [-0.4, -0.2) is 9.97 Å². The average Bonchev–Trinajstić information content (AvgIpc) is 2.28. The van der Waals surface area contributed by atoms with Crippen molar-refractivity contribution < 1.29 is 4.74 Å². The molecule has 3 N–H and O–H groups in total. The predicted molar refractivity (Wildman–Crippen MR) is 65.8 cm³/mol. The first-order valence-electron chi connectivity index (χ1n) is 4.54. The lowest BCUT2D eigenvalue weighted by Gasteiger charge is -2.09. The molecule has 0 bridgehead atoms. The number of aromatic nitrogens is 2. The molecule has 1 heterocycles. The standard InChI is InChI=1S/C10H7Cl2N3O2/c11-5-2-1-3-6(8(5)12)17-7-4-14-10(16)15-9(7)13/h1-4H,(H3,13,14,15,16). The second-order valence-electron chi connectivity index (χ2n) is 3.12. The third kappa shape index (κ3) is 2.51. The van der Waals surface area contributed by atoms with Crippen molar-refractivity contribution in [3.63, 3.8) is 0 Å². The van der Waals surface area contributed by atoms with Gasteiger partial charge in [-0.3, -0.25) is 4.98 Å². The van der Waals surface area contributed by atoms with E-state index in [1.165, 1.54) is 6.20 Å². The first-order chi connectivity index (χ1) is 8.08. The number of hydrogen-bond acceptors (Lipinski definition) is 4. The smallest absolute Gasteiger partial charge is 0.346 e. The highest BCUT2D eigenvalue weighted by molar-refractivity contribution is 6.42. The molecule has 0 spiro atoms. The number of nitrogens with zero attached hydrogens (tertiary/aromatic N) is 1. The van der Waals surface area contributed by atoms with Crippen LogP contribution in [0.25, 0.3) is 0 Å². The number of H-pyrrole nitrogens is 1. The molecule has 2 rings (SSSR count). The molecular formula is C10H7Cl2N3O2. The maximum Gasteiger partial charge on any atom is 0.346 e. The summed E-state index contributed by atoms with van der Waals surface area (Å²) in [5.74, 6) is 0.606. The van der Waals surface area contributed by atoms with E-state index in [0.717, 1.165) is 0 Å². The Morgan fingerprint density at radius 1 is 1.29 bits per heavy atom. The molecule has 0 saturated heterocycles. The van der Waals surface area contributed by atoms with Crippen LogP contribution in [0.15, 0.2) is 29.2 Å². The molecule has 0 amide bonds. The average molecular weight is 272 g/mol. The lowest BCUT2D eigenvalue weighted by atomic mass is 10.3. The monoisotopic (exact) mass is 271 g/mol. The molecule has 5 nitrogen and oxygen atoms in total. The van der Waals surface area contributed by atoms with E-state index in [-0.39, 0.29) is 16.6 Å². The Hall–Kier alpha value is -1.72. The van der Waals surface area contributed by atoms with Crippen LogP contribution in [0.5, 0.6) is 11.5 Å². The van der Waals surface area contributed by atoms with E-state index >= 15 is 0 Å². The van der Waals surface area contributed by atoms with Gasteiger partial charge < -0.3 is 10.5 Å². The molecular weight excluding hydrogens is 265 g/mol. The second kappa shape index (κ2) is 4.65. The second-order valence-corrected chi connectivity index (χ2v) is 3.91. The molecule has 0 aliphatic carbocycles. The Labute approximate surface area is 106 Å². The lowest BCUT2D eigenvalue weighted by molar-refractivity contribution is 0.480. The minimum absolute atomic E-state index is 0.0704. The summed E-state index contributed by atoms with van der Waals surface area (Å²) in [5, 5.41) is 0.625. The maximum absolute atomic E-state index is 10.9. The van der Waals surface area contributed by atoms with Crippen molar-refractivity contribution >= 4 is 29.0 Å². The van der Waals surface area contributed by atoms with Gasteiger partial charge in [0.1, 0.15) is 16.6 Å². The van der Waals surface area contributed by atoms with Crippen molar-refractivity contribution in [2.24, 2.45) is 0 Å². The Morgan fingerprint density at radius 2 is 2.06 bits per heavy atom. The van der Waals surface area contributed by atoms with Crippen molar-refractivity contribution in [3.8, 4) is 11.5 Å². The van der Waals surface area contributed by atoms with Gasteiger partial charge in [-0.1, -0.05) is 29.3 Å². The molecule has 7 heteroatoms. The van der Waals surface area contributed by atoms with Crippen LogP contribution >= 0.6 is 23.2 Å². The summed E-state index contributed by atoms with van der Waals surface area (Å²) in [7, 11) is 0. The third-order valence-electron chi connectivity index (χ3n) is 1.94. The van der Waals surface area contributed by atoms with Crippen molar-refractivity contribution in [2.75, 3.05) is 5.73 Å². The fourth-order valence-electron chi connectivity index (χ4n) is 1.16. The van der Waals surface area contributed by atoms with E-state index < -0.39 is 5.69 Å². The number of nitrogens with two attached hydrogens (primary N) is 1. The molecule has 88 valence electrons. The largest absolute Gasteiger partial charge is 0.450 e. The highest BCUT2D eigenvalue weighted by Crippen LogP contribution is 2.35. The zero-order valence-corrected chi connectivity index (χ0v) is 9.92. The molecule has 0 aliphatic heterocycles. The Kier molecular flexibility index (Phi) is 3.21. The molecule has 0 saturated carbocycles. The van der Waals surface area contributed by atoms with Crippen LogP contribution in [0.4, 0.5) is 5.82 Å². The van der Waals surface area contributed by atoms with Crippen LogP contribution in [0.1, 0.15) is 0 Å². The van der Waals surface area contributed by atoms with Crippen molar-refractivity contribution in [3.05, 3.63) is 44.9 Å². The van der Waals surface area contributed by atoms with Gasteiger partial charge in [0, 0.05) is 0 Å². The van der Waals surface area contributed by atoms with E-state index in [0.29, 0.717) is 10.8 Å². The minimum Gasteiger partial charge on any atom is -0.450 e. The number of nitrogens with one attached hydrogen (secondary N) is 1. The van der Waals surface area contributed by atoms with Gasteiger partial charge in [-0.05, 0) is 12.1 Å². The number of aromatic amines is 1. The van der Waals surface area contributed by atoms with E-state index in [9.17, 15) is 4.79 Å².